The van der Waals surface area contributed by atoms with Crippen LogP contribution in [-0.2, 0) is 21.4 Å². The number of carbonyl (C=O) groups is 2. The Hall–Kier alpha value is -1.50. The summed E-state index contributed by atoms with van der Waals surface area (Å²) >= 11 is 1.44. The molecule has 7 heteroatoms. The van der Waals surface area contributed by atoms with Crippen LogP contribution < -0.4 is 5.32 Å². The lowest BCUT2D eigenvalue weighted by atomic mass is 10.2. The van der Waals surface area contributed by atoms with Crippen LogP contribution in [0.25, 0.3) is 0 Å². The van der Waals surface area contributed by atoms with Crippen molar-refractivity contribution in [3.05, 3.63) is 11.4 Å². The second-order valence-corrected chi connectivity index (χ2v) is 7.96. The summed E-state index contributed by atoms with van der Waals surface area (Å²) in [5, 5.41) is 6.94. The largest absolute Gasteiger partial charge is 0.460 e. The first-order chi connectivity index (χ1) is 10.5. The van der Waals surface area contributed by atoms with E-state index in [1.807, 2.05) is 48.6 Å². The van der Waals surface area contributed by atoms with Crippen molar-refractivity contribution in [3.8, 4) is 0 Å². The van der Waals surface area contributed by atoms with Crippen LogP contribution in [0.15, 0.2) is 0 Å². The molecule has 0 aliphatic rings. The van der Waals surface area contributed by atoms with E-state index in [1.54, 1.807) is 4.68 Å². The van der Waals surface area contributed by atoms with Crippen LogP contribution >= 0.6 is 11.8 Å². The fourth-order valence-corrected chi connectivity index (χ4v) is 2.81. The number of esters is 1. The molecule has 0 bridgehead atoms. The number of thioether (sulfide) groups is 1. The number of hydrogen-bond acceptors (Lipinski definition) is 5. The van der Waals surface area contributed by atoms with Crippen molar-refractivity contribution >= 4 is 29.3 Å². The van der Waals surface area contributed by atoms with Gasteiger partial charge in [0.2, 0.25) is 5.91 Å². The minimum absolute atomic E-state index is 0.0848. The van der Waals surface area contributed by atoms with Crippen LogP contribution in [0, 0.1) is 13.8 Å². The predicted octanol–water partition coefficient (Wildman–Crippen LogP) is 2.83. The van der Waals surface area contributed by atoms with E-state index in [0.717, 1.165) is 17.1 Å². The molecular weight excluding hydrogens is 314 g/mol. The molecule has 0 unspecified atom stereocenters. The van der Waals surface area contributed by atoms with Crippen LogP contribution in [0.4, 0.5) is 5.69 Å². The molecule has 1 amide bonds. The Bertz CT molecular complexity index is 576. The van der Waals surface area contributed by atoms with E-state index in [2.05, 4.69) is 10.4 Å². The number of aromatic nitrogens is 2. The Morgan fingerprint density at radius 3 is 2.43 bits per heavy atom. The van der Waals surface area contributed by atoms with Crippen LogP contribution in [0.2, 0.25) is 0 Å². The van der Waals surface area contributed by atoms with Crippen molar-refractivity contribution in [1.82, 2.24) is 9.78 Å². The summed E-state index contributed by atoms with van der Waals surface area (Å²) in [5.41, 5.74) is 2.00. The average molecular weight is 341 g/mol. The van der Waals surface area contributed by atoms with E-state index in [0.29, 0.717) is 12.2 Å². The highest BCUT2D eigenvalue weighted by molar-refractivity contribution is 8.00. The molecule has 130 valence electrons. The molecular formula is C16H27N3O3S. The summed E-state index contributed by atoms with van der Waals surface area (Å²) in [5.74, 6) is 0.226. The first-order valence-corrected chi connectivity index (χ1v) is 8.70. The van der Waals surface area contributed by atoms with Crippen molar-refractivity contribution < 1.29 is 14.3 Å². The summed E-state index contributed by atoms with van der Waals surface area (Å²) < 4.78 is 6.99. The maximum atomic E-state index is 12.2. The van der Waals surface area contributed by atoms with Gasteiger partial charge in [-0.15, -0.1) is 11.8 Å². The van der Waals surface area contributed by atoms with E-state index in [1.165, 1.54) is 11.8 Å². The molecule has 23 heavy (non-hydrogen) atoms. The predicted molar refractivity (Wildman–Crippen MR) is 93.7 cm³/mol. The minimum Gasteiger partial charge on any atom is -0.460 e. The van der Waals surface area contributed by atoms with Gasteiger partial charge in [0.25, 0.3) is 0 Å². The minimum atomic E-state index is -0.472. The van der Waals surface area contributed by atoms with Crippen LogP contribution in [0.5, 0.6) is 0 Å². The number of anilines is 1. The standard InChI is InChI=1S/C16H27N3O3S/c1-10-14(11(2)19(7)18-10)17-15(21)12(3)23-9-8-13(20)22-16(4,5)6/h12H,8-9H2,1-7H3,(H,17,21)/t12-/m0/s1. The monoisotopic (exact) mass is 341 g/mol. The summed E-state index contributed by atoms with van der Waals surface area (Å²) in [6.45, 7) is 11.1. The van der Waals surface area contributed by atoms with E-state index < -0.39 is 5.60 Å². The topological polar surface area (TPSA) is 73.2 Å². The number of carbonyl (C=O) groups excluding carboxylic acids is 2. The number of aryl methyl sites for hydroxylation is 2. The lowest BCUT2D eigenvalue weighted by Gasteiger charge is -2.19. The smallest absolute Gasteiger partial charge is 0.307 e. The highest BCUT2D eigenvalue weighted by atomic mass is 32.2. The highest BCUT2D eigenvalue weighted by Gasteiger charge is 2.20. The molecule has 1 heterocycles. The molecule has 0 aliphatic carbocycles. The Labute approximate surface area is 142 Å². The number of nitrogens with one attached hydrogen (secondary N) is 1. The Kier molecular flexibility index (Phi) is 6.68. The highest BCUT2D eigenvalue weighted by Crippen LogP contribution is 2.21. The molecule has 1 aromatic heterocycles. The quantitative estimate of drug-likeness (QED) is 0.806. The average Bonchev–Trinajstić information content (AvgIpc) is 2.63. The summed E-state index contributed by atoms with van der Waals surface area (Å²) in [4.78, 5) is 23.9. The van der Waals surface area contributed by atoms with Gasteiger partial charge < -0.3 is 10.1 Å². The van der Waals surface area contributed by atoms with E-state index in [9.17, 15) is 9.59 Å². The molecule has 0 radical (unpaired) electrons. The van der Waals surface area contributed by atoms with Crippen LogP contribution in [0.3, 0.4) is 0 Å². The zero-order valence-corrected chi connectivity index (χ0v) is 15.8. The summed E-state index contributed by atoms with van der Waals surface area (Å²) in [7, 11) is 1.84. The molecule has 0 fully saturated rings. The maximum absolute atomic E-state index is 12.2. The Morgan fingerprint density at radius 1 is 1.35 bits per heavy atom. The van der Waals surface area contributed by atoms with Gasteiger partial charge in [-0.25, -0.2) is 0 Å². The van der Waals surface area contributed by atoms with Crippen LogP contribution in [-0.4, -0.2) is 38.3 Å². The molecule has 1 aromatic rings. The number of ether oxygens (including phenoxy) is 1. The van der Waals surface area contributed by atoms with Crippen molar-refractivity contribution in [2.75, 3.05) is 11.1 Å². The van der Waals surface area contributed by atoms with Crippen LogP contribution in [0.1, 0.15) is 45.5 Å². The maximum Gasteiger partial charge on any atom is 0.307 e. The van der Waals surface area contributed by atoms with Gasteiger partial charge in [0, 0.05) is 12.8 Å². The summed E-state index contributed by atoms with van der Waals surface area (Å²) in [6.07, 6.45) is 0.296. The zero-order chi connectivity index (χ0) is 17.8. The number of hydrogen-bond donors (Lipinski definition) is 1. The van der Waals surface area contributed by atoms with E-state index in [4.69, 9.17) is 4.74 Å². The third kappa shape index (κ3) is 6.25. The molecule has 1 N–H and O–H groups in total. The fourth-order valence-electron chi connectivity index (χ4n) is 1.97. The molecule has 0 spiro atoms. The first kappa shape index (κ1) is 19.5. The molecule has 0 aliphatic heterocycles. The van der Waals surface area contributed by atoms with Crippen molar-refractivity contribution in [3.63, 3.8) is 0 Å². The zero-order valence-electron chi connectivity index (χ0n) is 15.0. The number of rotatable bonds is 6. The van der Waals surface area contributed by atoms with Gasteiger partial charge in [0.15, 0.2) is 0 Å². The molecule has 1 atom stereocenters. The Balaban J connectivity index is 2.44. The lowest BCUT2D eigenvalue weighted by molar-refractivity contribution is -0.154. The van der Waals surface area contributed by atoms with Gasteiger partial charge in [-0.2, -0.15) is 5.10 Å². The van der Waals surface area contributed by atoms with Crippen molar-refractivity contribution in [2.24, 2.45) is 7.05 Å². The lowest BCUT2D eigenvalue weighted by Crippen LogP contribution is -2.25. The second kappa shape index (κ2) is 7.86. The van der Waals surface area contributed by atoms with Gasteiger partial charge in [-0.1, -0.05) is 0 Å². The van der Waals surface area contributed by atoms with Gasteiger partial charge in [0.05, 0.1) is 28.7 Å². The molecule has 6 nitrogen and oxygen atoms in total. The van der Waals surface area contributed by atoms with E-state index in [-0.39, 0.29) is 17.1 Å². The second-order valence-electron chi connectivity index (χ2n) is 6.51. The first-order valence-electron chi connectivity index (χ1n) is 7.65. The molecule has 0 saturated carbocycles. The molecule has 1 rings (SSSR count). The third-order valence-electron chi connectivity index (χ3n) is 3.22. The third-order valence-corrected chi connectivity index (χ3v) is 4.37. The van der Waals surface area contributed by atoms with Crippen molar-refractivity contribution in [1.29, 1.82) is 0 Å². The molecule has 0 aromatic carbocycles. The fraction of sp³-hybridized carbons (Fsp3) is 0.688. The van der Waals surface area contributed by atoms with E-state index >= 15 is 0 Å². The summed E-state index contributed by atoms with van der Waals surface area (Å²) in [6, 6.07) is 0. The van der Waals surface area contributed by atoms with Crippen molar-refractivity contribution in [2.45, 2.75) is 58.8 Å². The molecule has 0 saturated heterocycles. The van der Waals surface area contributed by atoms with Gasteiger partial charge >= 0.3 is 5.97 Å². The van der Waals surface area contributed by atoms with Gasteiger partial charge in [-0.3, -0.25) is 14.3 Å². The number of amides is 1. The SMILES string of the molecule is Cc1nn(C)c(C)c1NC(=O)[C@H](C)SCCC(=O)OC(C)(C)C. The van der Waals surface area contributed by atoms with Gasteiger partial charge in [-0.05, 0) is 41.5 Å². The Morgan fingerprint density at radius 2 is 1.96 bits per heavy atom. The normalized spacial score (nSPS) is 12.8. The number of nitrogens with zero attached hydrogens (tertiary/aromatic N) is 2. The van der Waals surface area contributed by atoms with Gasteiger partial charge in [0.1, 0.15) is 5.60 Å².